The first kappa shape index (κ1) is 15.1. The first-order chi connectivity index (χ1) is 12.1. The molecule has 25 heavy (non-hydrogen) atoms. The molecule has 0 aliphatic carbocycles. The zero-order valence-corrected chi connectivity index (χ0v) is 13.3. The van der Waals surface area contributed by atoms with Crippen molar-refractivity contribution in [3.05, 3.63) is 64.9 Å². The molecule has 1 aliphatic rings. The number of amides is 2. The van der Waals surface area contributed by atoms with Crippen molar-refractivity contribution in [2.75, 3.05) is 0 Å². The molecule has 122 valence electrons. The molecular weight excluding hydrogens is 344 g/mol. The number of rotatable bonds is 3. The van der Waals surface area contributed by atoms with E-state index in [2.05, 4.69) is 15.0 Å². The molecule has 0 spiro atoms. The summed E-state index contributed by atoms with van der Waals surface area (Å²) < 4.78 is 0. The summed E-state index contributed by atoms with van der Waals surface area (Å²) in [4.78, 5) is 53.7. The van der Waals surface area contributed by atoms with Gasteiger partial charge >= 0.3 is 5.97 Å². The second kappa shape index (κ2) is 5.87. The number of hydroxylamine groups is 2. The molecule has 0 N–H and O–H groups in total. The summed E-state index contributed by atoms with van der Waals surface area (Å²) in [5.41, 5.74) is 0.345. The fourth-order valence-corrected chi connectivity index (χ4v) is 2.99. The lowest BCUT2D eigenvalue weighted by molar-refractivity contribution is -0.0587. The molecule has 3 heterocycles. The highest BCUT2D eigenvalue weighted by atomic mass is 32.1. The zero-order chi connectivity index (χ0) is 17.4. The van der Waals surface area contributed by atoms with Crippen LogP contribution in [-0.4, -0.2) is 37.8 Å². The number of carbonyl (C=O) groups is 3. The lowest BCUT2D eigenvalue weighted by Crippen LogP contribution is -2.32. The van der Waals surface area contributed by atoms with Crippen LogP contribution in [-0.2, 0) is 4.84 Å². The van der Waals surface area contributed by atoms with E-state index in [1.54, 1.807) is 30.6 Å². The Kier molecular flexibility index (Phi) is 3.55. The highest BCUT2D eigenvalue weighted by Crippen LogP contribution is 2.24. The van der Waals surface area contributed by atoms with E-state index in [9.17, 15) is 14.4 Å². The zero-order valence-electron chi connectivity index (χ0n) is 12.4. The SMILES string of the molecule is O=C(ON1C(=O)c2ccccc2C1=O)c1csc(-c2ncccn2)n1. The van der Waals surface area contributed by atoms with Gasteiger partial charge in [0.15, 0.2) is 16.5 Å². The summed E-state index contributed by atoms with van der Waals surface area (Å²) in [7, 11) is 0. The molecule has 0 radical (unpaired) electrons. The largest absolute Gasteiger partial charge is 0.383 e. The molecule has 1 aliphatic heterocycles. The van der Waals surface area contributed by atoms with Gasteiger partial charge in [-0.25, -0.2) is 19.7 Å². The Bertz CT molecular complexity index is 967. The number of benzene rings is 1. The van der Waals surface area contributed by atoms with E-state index in [4.69, 9.17) is 4.84 Å². The minimum Gasteiger partial charge on any atom is -0.322 e. The van der Waals surface area contributed by atoms with Gasteiger partial charge < -0.3 is 4.84 Å². The van der Waals surface area contributed by atoms with E-state index in [0.717, 1.165) is 11.3 Å². The van der Waals surface area contributed by atoms with Crippen LogP contribution in [0.2, 0.25) is 0 Å². The Morgan fingerprint density at radius 3 is 2.28 bits per heavy atom. The van der Waals surface area contributed by atoms with E-state index in [-0.39, 0.29) is 16.8 Å². The van der Waals surface area contributed by atoms with Crippen molar-refractivity contribution in [1.82, 2.24) is 20.0 Å². The van der Waals surface area contributed by atoms with Crippen molar-refractivity contribution in [3.63, 3.8) is 0 Å². The van der Waals surface area contributed by atoms with Gasteiger partial charge in [-0.1, -0.05) is 17.2 Å². The molecule has 2 amide bonds. The fraction of sp³-hybridized carbons (Fsp3) is 0. The maximum Gasteiger partial charge on any atom is 0.383 e. The van der Waals surface area contributed by atoms with Gasteiger partial charge in [0, 0.05) is 17.8 Å². The number of fused-ring (bicyclic) bond motifs is 1. The maximum atomic E-state index is 12.2. The van der Waals surface area contributed by atoms with E-state index >= 15 is 0 Å². The van der Waals surface area contributed by atoms with Crippen molar-refractivity contribution in [2.24, 2.45) is 0 Å². The van der Waals surface area contributed by atoms with Gasteiger partial charge in [0.2, 0.25) is 0 Å². The van der Waals surface area contributed by atoms with Gasteiger partial charge in [0.25, 0.3) is 11.8 Å². The van der Waals surface area contributed by atoms with Crippen LogP contribution >= 0.6 is 11.3 Å². The van der Waals surface area contributed by atoms with Crippen molar-refractivity contribution in [2.45, 2.75) is 0 Å². The van der Waals surface area contributed by atoms with Crippen LogP contribution in [0.25, 0.3) is 10.8 Å². The van der Waals surface area contributed by atoms with Crippen LogP contribution < -0.4 is 0 Å². The van der Waals surface area contributed by atoms with Crippen molar-refractivity contribution >= 4 is 29.1 Å². The van der Waals surface area contributed by atoms with E-state index in [1.807, 2.05) is 0 Å². The van der Waals surface area contributed by atoms with Crippen LogP contribution in [0.4, 0.5) is 0 Å². The predicted molar refractivity (Wildman–Crippen MR) is 85.5 cm³/mol. The number of thiazole rings is 1. The number of hydrogen-bond acceptors (Lipinski definition) is 8. The minimum absolute atomic E-state index is 0.0380. The van der Waals surface area contributed by atoms with Gasteiger partial charge in [0.05, 0.1) is 11.1 Å². The maximum absolute atomic E-state index is 12.2. The van der Waals surface area contributed by atoms with Gasteiger partial charge in [-0.15, -0.1) is 11.3 Å². The smallest absolute Gasteiger partial charge is 0.322 e. The molecule has 9 heteroatoms. The second-order valence-electron chi connectivity index (χ2n) is 4.94. The van der Waals surface area contributed by atoms with Crippen LogP contribution in [0.3, 0.4) is 0 Å². The third-order valence-electron chi connectivity index (χ3n) is 3.40. The summed E-state index contributed by atoms with van der Waals surface area (Å²) in [5, 5.41) is 2.33. The number of nitrogens with zero attached hydrogens (tertiary/aromatic N) is 4. The number of imide groups is 1. The summed E-state index contributed by atoms with van der Waals surface area (Å²) in [5.74, 6) is -1.91. The highest BCUT2D eigenvalue weighted by molar-refractivity contribution is 7.13. The quantitative estimate of drug-likeness (QED) is 0.664. The van der Waals surface area contributed by atoms with Crippen molar-refractivity contribution in [3.8, 4) is 10.8 Å². The van der Waals surface area contributed by atoms with Crippen LogP contribution in [0.5, 0.6) is 0 Å². The normalized spacial score (nSPS) is 13.0. The third kappa shape index (κ3) is 2.56. The fourth-order valence-electron chi connectivity index (χ4n) is 2.26. The number of aromatic nitrogens is 3. The van der Waals surface area contributed by atoms with Crippen molar-refractivity contribution < 1.29 is 19.2 Å². The third-order valence-corrected chi connectivity index (χ3v) is 4.24. The average molecular weight is 352 g/mol. The molecule has 0 saturated carbocycles. The minimum atomic E-state index is -0.909. The monoisotopic (exact) mass is 352 g/mol. The Hall–Kier alpha value is -3.46. The summed E-state index contributed by atoms with van der Waals surface area (Å²) in [6, 6.07) is 7.91. The van der Waals surface area contributed by atoms with Gasteiger partial charge in [-0.05, 0) is 18.2 Å². The molecule has 8 nitrogen and oxygen atoms in total. The molecular formula is C16H8N4O4S. The van der Waals surface area contributed by atoms with Crippen molar-refractivity contribution in [1.29, 1.82) is 0 Å². The molecule has 0 bridgehead atoms. The van der Waals surface area contributed by atoms with Crippen LogP contribution in [0.15, 0.2) is 48.1 Å². The second-order valence-corrected chi connectivity index (χ2v) is 5.80. The molecule has 0 unspecified atom stereocenters. The lowest BCUT2D eigenvalue weighted by Gasteiger charge is -2.11. The van der Waals surface area contributed by atoms with Crippen LogP contribution in [0, 0.1) is 0 Å². The van der Waals surface area contributed by atoms with E-state index < -0.39 is 17.8 Å². The van der Waals surface area contributed by atoms with Gasteiger partial charge in [-0.3, -0.25) is 9.59 Å². The molecule has 4 rings (SSSR count). The highest BCUT2D eigenvalue weighted by Gasteiger charge is 2.39. The Morgan fingerprint density at radius 1 is 1.00 bits per heavy atom. The standard InChI is InChI=1S/C16H8N4O4S/c21-14-9-4-1-2-5-10(9)15(22)20(14)24-16(23)11-8-25-13(19-11)12-17-6-3-7-18-12/h1-8H. The first-order valence-electron chi connectivity index (χ1n) is 7.08. The van der Waals surface area contributed by atoms with E-state index in [0.29, 0.717) is 15.9 Å². The molecule has 0 saturated heterocycles. The Morgan fingerprint density at radius 2 is 1.64 bits per heavy atom. The van der Waals surface area contributed by atoms with Crippen LogP contribution in [0.1, 0.15) is 31.2 Å². The Balaban J connectivity index is 1.55. The summed E-state index contributed by atoms with van der Waals surface area (Å²) >= 11 is 1.15. The topological polar surface area (TPSA) is 102 Å². The first-order valence-corrected chi connectivity index (χ1v) is 7.96. The molecule has 2 aromatic heterocycles. The molecule has 1 aromatic carbocycles. The Labute approximate surface area is 144 Å². The van der Waals surface area contributed by atoms with E-state index in [1.165, 1.54) is 17.5 Å². The number of hydrogen-bond donors (Lipinski definition) is 0. The molecule has 0 fully saturated rings. The lowest BCUT2D eigenvalue weighted by atomic mass is 10.1. The summed E-state index contributed by atoms with van der Waals surface area (Å²) in [6.07, 6.45) is 3.11. The summed E-state index contributed by atoms with van der Waals surface area (Å²) in [6.45, 7) is 0. The predicted octanol–water partition coefficient (Wildman–Crippen LogP) is 1.97. The van der Waals surface area contributed by atoms with Gasteiger partial charge in [-0.2, -0.15) is 0 Å². The molecule has 0 atom stereocenters. The average Bonchev–Trinajstić information content (AvgIpc) is 3.23. The molecule has 3 aromatic rings. The van der Waals surface area contributed by atoms with Gasteiger partial charge in [0.1, 0.15) is 0 Å². The number of carbonyl (C=O) groups excluding carboxylic acids is 3.